The molecule has 126 valence electrons. The van der Waals surface area contributed by atoms with E-state index in [9.17, 15) is 9.59 Å². The molecule has 0 aliphatic heterocycles. The Labute approximate surface area is 149 Å². The molecule has 0 saturated carbocycles. The van der Waals surface area contributed by atoms with Crippen LogP contribution in [0.4, 0.5) is 5.69 Å². The van der Waals surface area contributed by atoms with Crippen LogP contribution < -0.4 is 10.1 Å². The molecule has 0 aromatic heterocycles. The highest BCUT2D eigenvalue weighted by Gasteiger charge is 2.12. The fraction of sp³-hybridized carbons (Fsp3) is 0.176. The molecule has 0 aliphatic rings. The number of nitrogens with one attached hydrogen (secondary N) is 1. The largest absolute Gasteiger partial charge is 0.482 e. The van der Waals surface area contributed by atoms with Gasteiger partial charge < -0.3 is 14.8 Å². The highest BCUT2D eigenvalue weighted by Crippen LogP contribution is 2.31. The van der Waals surface area contributed by atoms with Gasteiger partial charge in [0.2, 0.25) is 0 Å². The number of ether oxygens (including phenoxy) is 2. The van der Waals surface area contributed by atoms with Gasteiger partial charge in [0, 0.05) is 5.69 Å². The molecule has 24 heavy (non-hydrogen) atoms. The number of anilines is 1. The molecule has 0 atom stereocenters. The van der Waals surface area contributed by atoms with Crippen LogP contribution in [0.1, 0.15) is 15.9 Å². The van der Waals surface area contributed by atoms with Gasteiger partial charge >= 0.3 is 5.97 Å². The summed E-state index contributed by atoms with van der Waals surface area (Å²) in [5.74, 6) is -0.553. The molecular formula is C17H15Cl2NO4. The average molecular weight is 368 g/mol. The van der Waals surface area contributed by atoms with Crippen molar-refractivity contribution in [2.45, 2.75) is 6.92 Å². The summed E-state index contributed by atoms with van der Waals surface area (Å²) >= 11 is 11.9. The summed E-state index contributed by atoms with van der Waals surface area (Å²) in [5.41, 5.74) is 1.65. The Bertz CT molecular complexity index is 777. The van der Waals surface area contributed by atoms with E-state index in [-0.39, 0.29) is 11.6 Å². The second-order valence-electron chi connectivity index (χ2n) is 4.91. The number of hydrogen-bond acceptors (Lipinski definition) is 4. The van der Waals surface area contributed by atoms with E-state index in [1.165, 1.54) is 7.11 Å². The first-order valence-electron chi connectivity index (χ1n) is 6.98. The van der Waals surface area contributed by atoms with Gasteiger partial charge in [-0.2, -0.15) is 0 Å². The fourth-order valence-corrected chi connectivity index (χ4v) is 2.27. The summed E-state index contributed by atoms with van der Waals surface area (Å²) < 4.78 is 10.0. The second-order valence-corrected chi connectivity index (χ2v) is 5.70. The Balaban J connectivity index is 2.04. The van der Waals surface area contributed by atoms with Crippen molar-refractivity contribution in [3.63, 3.8) is 0 Å². The van der Waals surface area contributed by atoms with Gasteiger partial charge in [0.25, 0.3) is 5.91 Å². The van der Waals surface area contributed by atoms with Crippen LogP contribution in [-0.2, 0) is 9.53 Å². The molecule has 7 heteroatoms. The Morgan fingerprint density at radius 3 is 2.62 bits per heavy atom. The van der Waals surface area contributed by atoms with Gasteiger partial charge in [-0.15, -0.1) is 0 Å². The molecule has 2 rings (SSSR count). The van der Waals surface area contributed by atoms with Crippen molar-refractivity contribution in [3.05, 3.63) is 57.6 Å². The van der Waals surface area contributed by atoms with Crippen LogP contribution in [0.5, 0.6) is 5.75 Å². The van der Waals surface area contributed by atoms with Crippen molar-refractivity contribution in [2.24, 2.45) is 0 Å². The Morgan fingerprint density at radius 2 is 1.92 bits per heavy atom. The Hall–Kier alpha value is -2.24. The molecule has 0 unspecified atom stereocenters. The maximum Gasteiger partial charge on any atom is 0.337 e. The maximum absolute atomic E-state index is 12.1. The zero-order valence-corrected chi connectivity index (χ0v) is 14.6. The lowest BCUT2D eigenvalue weighted by molar-refractivity contribution is -0.118. The van der Waals surface area contributed by atoms with Crippen molar-refractivity contribution in [1.82, 2.24) is 0 Å². The molecule has 1 N–H and O–H groups in total. The van der Waals surface area contributed by atoms with Crippen molar-refractivity contribution in [3.8, 4) is 5.75 Å². The molecular weight excluding hydrogens is 353 g/mol. The minimum atomic E-state index is -0.479. The van der Waals surface area contributed by atoms with Crippen LogP contribution in [-0.4, -0.2) is 25.6 Å². The van der Waals surface area contributed by atoms with E-state index in [0.717, 1.165) is 5.56 Å². The Morgan fingerprint density at radius 1 is 1.17 bits per heavy atom. The lowest BCUT2D eigenvalue weighted by Gasteiger charge is -2.12. The molecule has 1 amide bonds. The van der Waals surface area contributed by atoms with Gasteiger partial charge in [-0.05, 0) is 36.8 Å². The first-order valence-corrected chi connectivity index (χ1v) is 7.73. The van der Waals surface area contributed by atoms with Gasteiger partial charge in [-0.1, -0.05) is 35.3 Å². The fourth-order valence-electron chi connectivity index (χ4n) is 1.93. The van der Waals surface area contributed by atoms with Crippen molar-refractivity contribution in [1.29, 1.82) is 0 Å². The normalized spacial score (nSPS) is 10.2. The molecule has 2 aromatic rings. The number of carbonyl (C=O) groups is 2. The highest BCUT2D eigenvalue weighted by molar-refractivity contribution is 6.42. The van der Waals surface area contributed by atoms with Crippen LogP contribution in [0.15, 0.2) is 36.4 Å². The first kappa shape index (κ1) is 18.1. The van der Waals surface area contributed by atoms with Crippen LogP contribution in [0.2, 0.25) is 10.0 Å². The number of carbonyl (C=O) groups excluding carboxylic acids is 2. The van der Waals surface area contributed by atoms with E-state index in [4.69, 9.17) is 27.9 Å². The zero-order valence-electron chi connectivity index (χ0n) is 13.1. The number of amides is 1. The summed E-state index contributed by atoms with van der Waals surface area (Å²) in [7, 11) is 1.29. The van der Waals surface area contributed by atoms with E-state index < -0.39 is 11.9 Å². The highest BCUT2D eigenvalue weighted by atomic mass is 35.5. The second kappa shape index (κ2) is 8.04. The molecule has 0 aliphatic carbocycles. The number of methoxy groups -OCH3 is 1. The number of esters is 1. The van der Waals surface area contributed by atoms with Crippen molar-refractivity contribution < 1.29 is 19.1 Å². The van der Waals surface area contributed by atoms with Gasteiger partial charge in [0.1, 0.15) is 10.8 Å². The summed E-state index contributed by atoms with van der Waals surface area (Å²) in [6, 6.07) is 9.80. The molecule has 5 nitrogen and oxygen atoms in total. The molecule has 0 spiro atoms. The third-order valence-corrected chi connectivity index (χ3v) is 4.01. The number of rotatable bonds is 5. The van der Waals surface area contributed by atoms with Crippen LogP contribution in [0, 0.1) is 6.92 Å². The minimum Gasteiger partial charge on any atom is -0.482 e. The lowest BCUT2D eigenvalue weighted by Crippen LogP contribution is -2.21. The standard InChI is InChI=1S/C17H15Cl2NO4/c1-10-6-7-11(17(22)23-2)8-13(10)20-15(21)9-24-14-5-3-4-12(18)16(14)19/h3-8H,9H2,1-2H3,(H,20,21). The van der Waals surface area contributed by atoms with Crippen LogP contribution in [0.3, 0.4) is 0 Å². The van der Waals surface area contributed by atoms with Gasteiger partial charge in [0.05, 0.1) is 17.7 Å². The topological polar surface area (TPSA) is 64.6 Å². The van der Waals surface area contributed by atoms with E-state index in [2.05, 4.69) is 10.1 Å². The van der Waals surface area contributed by atoms with Crippen molar-refractivity contribution in [2.75, 3.05) is 19.0 Å². The average Bonchev–Trinajstić information content (AvgIpc) is 2.57. The third kappa shape index (κ3) is 4.40. The molecule has 2 aromatic carbocycles. The van der Waals surface area contributed by atoms with Crippen LogP contribution >= 0.6 is 23.2 Å². The first-order chi connectivity index (χ1) is 11.4. The van der Waals surface area contributed by atoms with E-state index in [1.54, 1.807) is 36.4 Å². The molecule has 0 saturated heterocycles. The van der Waals surface area contributed by atoms with Crippen molar-refractivity contribution >= 4 is 40.8 Å². The minimum absolute atomic E-state index is 0.246. The smallest absolute Gasteiger partial charge is 0.337 e. The van der Waals surface area contributed by atoms with Gasteiger partial charge in [-0.25, -0.2) is 4.79 Å². The van der Waals surface area contributed by atoms with Gasteiger partial charge in [0.15, 0.2) is 6.61 Å². The predicted octanol–water partition coefficient (Wildman–Crippen LogP) is 4.11. The SMILES string of the molecule is COC(=O)c1ccc(C)c(NC(=O)COc2cccc(Cl)c2Cl)c1. The molecule has 0 fully saturated rings. The number of halogens is 2. The van der Waals surface area contributed by atoms with E-state index in [0.29, 0.717) is 22.0 Å². The van der Waals surface area contributed by atoms with E-state index in [1.807, 2.05) is 6.92 Å². The zero-order chi connectivity index (χ0) is 17.7. The van der Waals surface area contributed by atoms with Gasteiger partial charge in [-0.3, -0.25) is 4.79 Å². The molecule has 0 bridgehead atoms. The number of benzene rings is 2. The monoisotopic (exact) mass is 367 g/mol. The Kier molecular flexibility index (Phi) is 6.06. The predicted molar refractivity (Wildman–Crippen MR) is 93.1 cm³/mol. The molecule has 0 radical (unpaired) electrons. The summed E-state index contributed by atoms with van der Waals surface area (Å²) in [6.45, 7) is 1.56. The third-order valence-electron chi connectivity index (χ3n) is 3.21. The molecule has 0 heterocycles. The number of aryl methyl sites for hydroxylation is 1. The summed E-state index contributed by atoms with van der Waals surface area (Å²) in [4.78, 5) is 23.6. The quantitative estimate of drug-likeness (QED) is 0.807. The summed E-state index contributed by atoms with van der Waals surface area (Å²) in [5, 5.41) is 3.28. The number of hydrogen-bond donors (Lipinski definition) is 1. The maximum atomic E-state index is 12.1. The van der Waals surface area contributed by atoms with E-state index >= 15 is 0 Å². The van der Waals surface area contributed by atoms with Crippen LogP contribution in [0.25, 0.3) is 0 Å². The lowest BCUT2D eigenvalue weighted by atomic mass is 10.1. The summed E-state index contributed by atoms with van der Waals surface area (Å²) in [6.07, 6.45) is 0.